The Morgan fingerprint density at radius 2 is 2.12 bits per heavy atom. The van der Waals surface area contributed by atoms with Gasteiger partial charge in [-0.15, -0.1) is 0 Å². The van der Waals surface area contributed by atoms with Gasteiger partial charge in [-0.05, 0) is 36.8 Å². The molecule has 0 bridgehead atoms. The van der Waals surface area contributed by atoms with Crippen LogP contribution < -0.4 is 4.74 Å². The molecule has 0 amide bonds. The predicted molar refractivity (Wildman–Crippen MR) is 72.2 cm³/mol. The maximum atomic E-state index is 6.01. The minimum Gasteiger partial charge on any atom is -0.496 e. The molecule has 2 nitrogen and oxygen atoms in total. The van der Waals surface area contributed by atoms with E-state index in [1.54, 1.807) is 19.4 Å². The highest BCUT2D eigenvalue weighted by atomic mass is 79.9. The van der Waals surface area contributed by atoms with Crippen molar-refractivity contribution in [3.05, 3.63) is 52.4 Å². The summed E-state index contributed by atoms with van der Waals surface area (Å²) in [5, 5.41) is 0.675. The Kier molecular flexibility index (Phi) is 3.79. The lowest BCUT2D eigenvalue weighted by Gasteiger charge is -2.13. The fourth-order valence-electron chi connectivity index (χ4n) is 1.69. The van der Waals surface area contributed by atoms with Crippen LogP contribution >= 0.6 is 27.5 Å². The number of ether oxygens (including phenoxy) is 1. The van der Waals surface area contributed by atoms with Crippen molar-refractivity contribution < 1.29 is 9.15 Å². The standard InChI is InChI=1S/C13H12BrClO2/c1-8-5-6-17-13(8)12(14)10-7-9(15)3-4-11(10)16-2/h3-7,12H,1-2H3. The molecule has 0 saturated carbocycles. The molecule has 1 heterocycles. The molecule has 0 aliphatic carbocycles. The number of benzene rings is 1. The quantitative estimate of drug-likeness (QED) is 0.764. The second kappa shape index (κ2) is 5.15. The SMILES string of the molecule is COc1ccc(Cl)cc1C(Br)c1occc1C. The zero-order valence-electron chi connectivity index (χ0n) is 9.54. The Labute approximate surface area is 114 Å². The van der Waals surface area contributed by atoms with E-state index in [2.05, 4.69) is 15.9 Å². The van der Waals surface area contributed by atoms with E-state index in [1.807, 2.05) is 25.1 Å². The van der Waals surface area contributed by atoms with Crippen LogP contribution in [0.4, 0.5) is 0 Å². The van der Waals surface area contributed by atoms with E-state index in [0.717, 1.165) is 22.6 Å². The van der Waals surface area contributed by atoms with Crippen molar-refractivity contribution in [3.63, 3.8) is 0 Å². The summed E-state index contributed by atoms with van der Waals surface area (Å²) in [4.78, 5) is -0.0638. The van der Waals surface area contributed by atoms with Gasteiger partial charge in [-0.1, -0.05) is 27.5 Å². The normalized spacial score (nSPS) is 12.5. The van der Waals surface area contributed by atoms with Gasteiger partial charge in [0, 0.05) is 10.6 Å². The van der Waals surface area contributed by atoms with Gasteiger partial charge in [0.15, 0.2) is 0 Å². The van der Waals surface area contributed by atoms with Crippen LogP contribution in [0.15, 0.2) is 34.9 Å². The number of methoxy groups -OCH3 is 1. The highest BCUT2D eigenvalue weighted by Crippen LogP contribution is 2.39. The zero-order valence-corrected chi connectivity index (χ0v) is 11.9. The monoisotopic (exact) mass is 314 g/mol. The fraction of sp³-hybridized carbons (Fsp3) is 0.231. The molecule has 90 valence electrons. The van der Waals surface area contributed by atoms with Gasteiger partial charge >= 0.3 is 0 Å². The van der Waals surface area contributed by atoms with Gasteiger partial charge in [0.1, 0.15) is 16.3 Å². The topological polar surface area (TPSA) is 22.4 Å². The smallest absolute Gasteiger partial charge is 0.124 e. The van der Waals surface area contributed by atoms with Crippen molar-refractivity contribution in [1.29, 1.82) is 0 Å². The fourth-order valence-corrected chi connectivity index (χ4v) is 2.70. The Balaban J connectivity index is 2.46. The minimum absolute atomic E-state index is 0.0638. The average molecular weight is 316 g/mol. The summed E-state index contributed by atoms with van der Waals surface area (Å²) in [6.45, 7) is 2.00. The third kappa shape index (κ3) is 2.50. The molecule has 2 rings (SSSR count). The van der Waals surface area contributed by atoms with Crippen LogP contribution in [0.1, 0.15) is 21.7 Å². The molecule has 0 radical (unpaired) electrons. The molecule has 1 aromatic heterocycles. The minimum atomic E-state index is -0.0638. The molecule has 0 aliphatic heterocycles. The number of aryl methyl sites for hydroxylation is 1. The van der Waals surface area contributed by atoms with Crippen LogP contribution in [0.2, 0.25) is 5.02 Å². The summed E-state index contributed by atoms with van der Waals surface area (Å²) >= 11 is 9.63. The molecule has 0 spiro atoms. The molecule has 1 unspecified atom stereocenters. The molecule has 4 heteroatoms. The van der Waals surface area contributed by atoms with E-state index in [0.29, 0.717) is 5.02 Å². The molecule has 0 N–H and O–H groups in total. The van der Waals surface area contributed by atoms with E-state index >= 15 is 0 Å². The van der Waals surface area contributed by atoms with Gasteiger partial charge in [-0.25, -0.2) is 0 Å². The number of halogens is 2. The van der Waals surface area contributed by atoms with Crippen LogP contribution in [0.25, 0.3) is 0 Å². The summed E-state index contributed by atoms with van der Waals surface area (Å²) in [6, 6.07) is 7.46. The second-order valence-electron chi connectivity index (χ2n) is 3.72. The van der Waals surface area contributed by atoms with Crippen molar-refractivity contribution in [2.75, 3.05) is 7.11 Å². The molecule has 17 heavy (non-hydrogen) atoms. The largest absolute Gasteiger partial charge is 0.496 e. The molecule has 1 aromatic carbocycles. The van der Waals surface area contributed by atoms with Crippen LogP contribution in [-0.2, 0) is 0 Å². The summed E-state index contributed by atoms with van der Waals surface area (Å²) in [6.07, 6.45) is 1.68. The summed E-state index contributed by atoms with van der Waals surface area (Å²) in [5.74, 6) is 1.65. The first kappa shape index (κ1) is 12.5. The van der Waals surface area contributed by atoms with Crippen LogP contribution in [0, 0.1) is 6.92 Å². The number of alkyl halides is 1. The van der Waals surface area contributed by atoms with E-state index < -0.39 is 0 Å². The molecule has 0 saturated heterocycles. The summed E-state index contributed by atoms with van der Waals surface area (Å²) in [7, 11) is 1.64. The molecule has 0 aliphatic rings. The van der Waals surface area contributed by atoms with Gasteiger partial charge in [0.2, 0.25) is 0 Å². The van der Waals surface area contributed by atoms with Crippen LogP contribution in [-0.4, -0.2) is 7.11 Å². The Morgan fingerprint density at radius 3 is 2.71 bits per heavy atom. The highest BCUT2D eigenvalue weighted by molar-refractivity contribution is 9.09. The highest BCUT2D eigenvalue weighted by Gasteiger charge is 2.20. The zero-order chi connectivity index (χ0) is 12.4. The summed E-state index contributed by atoms with van der Waals surface area (Å²) < 4.78 is 10.8. The predicted octanol–water partition coefficient (Wildman–Crippen LogP) is 4.73. The van der Waals surface area contributed by atoms with E-state index in [1.165, 1.54) is 0 Å². The van der Waals surface area contributed by atoms with E-state index in [4.69, 9.17) is 20.8 Å². The first-order valence-corrected chi connectivity index (χ1v) is 6.44. The number of hydrogen-bond acceptors (Lipinski definition) is 2. The van der Waals surface area contributed by atoms with Gasteiger partial charge in [-0.3, -0.25) is 0 Å². The lowest BCUT2D eigenvalue weighted by Crippen LogP contribution is -1.97. The van der Waals surface area contributed by atoms with Gasteiger partial charge in [0.05, 0.1) is 13.4 Å². The van der Waals surface area contributed by atoms with E-state index in [9.17, 15) is 0 Å². The maximum Gasteiger partial charge on any atom is 0.124 e. The van der Waals surface area contributed by atoms with E-state index in [-0.39, 0.29) is 4.83 Å². The third-order valence-electron chi connectivity index (χ3n) is 2.60. The molecular formula is C13H12BrClO2. The average Bonchev–Trinajstić information content (AvgIpc) is 2.74. The number of hydrogen-bond donors (Lipinski definition) is 0. The molecular weight excluding hydrogens is 303 g/mol. The molecule has 0 fully saturated rings. The third-order valence-corrected chi connectivity index (χ3v) is 3.74. The Morgan fingerprint density at radius 1 is 1.35 bits per heavy atom. The lowest BCUT2D eigenvalue weighted by molar-refractivity contribution is 0.408. The second-order valence-corrected chi connectivity index (χ2v) is 5.07. The first-order chi connectivity index (χ1) is 8.13. The molecule has 1 atom stereocenters. The van der Waals surface area contributed by atoms with Gasteiger partial charge in [0.25, 0.3) is 0 Å². The number of furan rings is 1. The van der Waals surface area contributed by atoms with Crippen molar-refractivity contribution in [1.82, 2.24) is 0 Å². The van der Waals surface area contributed by atoms with Crippen molar-refractivity contribution in [3.8, 4) is 5.75 Å². The van der Waals surface area contributed by atoms with Gasteiger partial charge in [-0.2, -0.15) is 0 Å². The summed E-state index contributed by atoms with van der Waals surface area (Å²) in [5.41, 5.74) is 2.05. The van der Waals surface area contributed by atoms with Gasteiger partial charge < -0.3 is 9.15 Å². The first-order valence-electron chi connectivity index (χ1n) is 5.15. The van der Waals surface area contributed by atoms with Crippen LogP contribution in [0.5, 0.6) is 5.75 Å². The molecule has 2 aromatic rings. The van der Waals surface area contributed by atoms with Crippen molar-refractivity contribution in [2.45, 2.75) is 11.8 Å². The number of rotatable bonds is 3. The Hall–Kier alpha value is -0.930. The Bertz CT molecular complexity index is 522. The maximum absolute atomic E-state index is 6.01. The van der Waals surface area contributed by atoms with Crippen molar-refractivity contribution >= 4 is 27.5 Å². The lowest BCUT2D eigenvalue weighted by atomic mass is 10.1. The van der Waals surface area contributed by atoms with Crippen molar-refractivity contribution in [2.24, 2.45) is 0 Å². The van der Waals surface area contributed by atoms with Crippen LogP contribution in [0.3, 0.4) is 0 Å².